The van der Waals surface area contributed by atoms with Crippen LogP contribution in [0.25, 0.3) is 0 Å². The van der Waals surface area contributed by atoms with Crippen molar-refractivity contribution in [2.45, 2.75) is 12.8 Å². The molecule has 2 rings (SSSR count). The Morgan fingerprint density at radius 1 is 1.12 bits per heavy atom. The Morgan fingerprint density at radius 3 is 2.44 bits per heavy atom. The number of rotatable bonds is 2. The van der Waals surface area contributed by atoms with Crippen LogP contribution in [0.3, 0.4) is 0 Å². The number of hydrogen-bond donors (Lipinski definition) is 2. The molecule has 4 heteroatoms. The molecule has 0 bridgehead atoms. The predicted octanol–water partition coefficient (Wildman–Crippen LogP) is 1.79. The molecule has 1 aromatic heterocycles. The van der Waals surface area contributed by atoms with Crippen LogP contribution in [0.4, 0.5) is 11.8 Å². The summed E-state index contributed by atoms with van der Waals surface area (Å²) in [5.74, 6) is 0.826. The van der Waals surface area contributed by atoms with E-state index in [0.717, 1.165) is 5.56 Å². The third kappa shape index (κ3) is 1.95. The van der Waals surface area contributed by atoms with Crippen molar-refractivity contribution in [1.82, 2.24) is 9.97 Å². The fourth-order valence-electron chi connectivity index (χ4n) is 1.67. The zero-order valence-corrected chi connectivity index (χ0v) is 9.09. The molecular weight excluding hydrogens is 200 g/mol. The SMILES string of the molecule is C[C@@H](c1ccccc1)c1cnc(N)nc1N. The summed E-state index contributed by atoms with van der Waals surface area (Å²) in [6, 6.07) is 10.1. The second-order valence-corrected chi connectivity index (χ2v) is 3.70. The largest absolute Gasteiger partial charge is 0.383 e. The maximum atomic E-state index is 5.83. The lowest BCUT2D eigenvalue weighted by atomic mass is 9.95. The van der Waals surface area contributed by atoms with Crippen LogP contribution in [0.15, 0.2) is 36.5 Å². The second kappa shape index (κ2) is 4.18. The molecule has 4 N–H and O–H groups in total. The molecule has 0 aliphatic rings. The van der Waals surface area contributed by atoms with Gasteiger partial charge in [-0.15, -0.1) is 0 Å². The van der Waals surface area contributed by atoms with Crippen LogP contribution >= 0.6 is 0 Å². The Balaban J connectivity index is 2.38. The molecule has 0 unspecified atom stereocenters. The smallest absolute Gasteiger partial charge is 0.221 e. The molecule has 0 aliphatic heterocycles. The summed E-state index contributed by atoms with van der Waals surface area (Å²) in [6.45, 7) is 2.07. The number of benzene rings is 1. The molecule has 0 radical (unpaired) electrons. The van der Waals surface area contributed by atoms with Crippen molar-refractivity contribution in [2.75, 3.05) is 11.5 Å². The molecule has 0 fully saturated rings. The van der Waals surface area contributed by atoms with E-state index in [9.17, 15) is 0 Å². The first-order valence-electron chi connectivity index (χ1n) is 5.11. The van der Waals surface area contributed by atoms with Gasteiger partial charge < -0.3 is 11.5 Å². The van der Waals surface area contributed by atoms with Gasteiger partial charge >= 0.3 is 0 Å². The molecule has 82 valence electrons. The lowest BCUT2D eigenvalue weighted by molar-refractivity contribution is 0.903. The first kappa shape index (κ1) is 10.4. The highest BCUT2D eigenvalue weighted by molar-refractivity contribution is 5.46. The van der Waals surface area contributed by atoms with Gasteiger partial charge in [-0.25, -0.2) is 4.98 Å². The fourth-order valence-corrected chi connectivity index (χ4v) is 1.67. The molecule has 0 saturated heterocycles. The van der Waals surface area contributed by atoms with Crippen LogP contribution in [-0.4, -0.2) is 9.97 Å². The zero-order valence-electron chi connectivity index (χ0n) is 9.09. The number of nitrogen functional groups attached to an aromatic ring is 2. The number of nitrogens with zero attached hydrogens (tertiary/aromatic N) is 2. The summed E-state index contributed by atoms with van der Waals surface area (Å²) >= 11 is 0. The zero-order chi connectivity index (χ0) is 11.5. The minimum absolute atomic E-state index is 0.168. The summed E-state index contributed by atoms with van der Waals surface area (Å²) < 4.78 is 0. The minimum Gasteiger partial charge on any atom is -0.383 e. The molecule has 1 heterocycles. The van der Waals surface area contributed by atoms with Crippen molar-refractivity contribution < 1.29 is 0 Å². The van der Waals surface area contributed by atoms with E-state index in [1.807, 2.05) is 18.2 Å². The van der Waals surface area contributed by atoms with Crippen LogP contribution in [0.1, 0.15) is 24.0 Å². The second-order valence-electron chi connectivity index (χ2n) is 3.70. The van der Waals surface area contributed by atoms with Gasteiger partial charge in [0.2, 0.25) is 5.95 Å². The number of aromatic nitrogens is 2. The quantitative estimate of drug-likeness (QED) is 0.799. The van der Waals surface area contributed by atoms with Crippen LogP contribution in [-0.2, 0) is 0 Å². The monoisotopic (exact) mass is 214 g/mol. The predicted molar refractivity (Wildman–Crippen MR) is 64.8 cm³/mol. The van der Waals surface area contributed by atoms with Gasteiger partial charge in [-0.1, -0.05) is 37.3 Å². The first-order valence-corrected chi connectivity index (χ1v) is 5.11. The fraction of sp³-hybridized carbons (Fsp3) is 0.167. The first-order chi connectivity index (χ1) is 7.68. The summed E-state index contributed by atoms with van der Waals surface area (Å²) in [4.78, 5) is 7.94. The average molecular weight is 214 g/mol. The van der Waals surface area contributed by atoms with Crippen LogP contribution in [0.2, 0.25) is 0 Å². The van der Waals surface area contributed by atoms with Gasteiger partial charge in [0.05, 0.1) is 0 Å². The van der Waals surface area contributed by atoms with E-state index >= 15 is 0 Å². The third-order valence-electron chi connectivity index (χ3n) is 2.63. The Kier molecular flexibility index (Phi) is 2.72. The Morgan fingerprint density at radius 2 is 1.81 bits per heavy atom. The minimum atomic E-state index is 0.168. The number of nitrogens with two attached hydrogens (primary N) is 2. The highest BCUT2D eigenvalue weighted by atomic mass is 15.0. The molecule has 4 nitrogen and oxygen atoms in total. The van der Waals surface area contributed by atoms with Gasteiger partial charge in [-0.05, 0) is 5.56 Å². The van der Waals surface area contributed by atoms with E-state index in [-0.39, 0.29) is 11.9 Å². The standard InChI is InChI=1S/C12H14N4/c1-8(9-5-3-2-4-6-9)10-7-15-12(14)16-11(10)13/h2-8H,1H3,(H4,13,14,15,16)/t8-/m0/s1. The van der Waals surface area contributed by atoms with Gasteiger partial charge in [0.15, 0.2) is 0 Å². The van der Waals surface area contributed by atoms with E-state index in [2.05, 4.69) is 29.0 Å². The summed E-state index contributed by atoms with van der Waals surface area (Å²) in [5, 5.41) is 0. The number of anilines is 2. The molecule has 0 spiro atoms. The maximum Gasteiger partial charge on any atom is 0.221 e. The van der Waals surface area contributed by atoms with Gasteiger partial charge in [0.25, 0.3) is 0 Å². The van der Waals surface area contributed by atoms with E-state index in [4.69, 9.17) is 11.5 Å². The van der Waals surface area contributed by atoms with Crippen LogP contribution in [0.5, 0.6) is 0 Å². The molecular formula is C12H14N4. The van der Waals surface area contributed by atoms with Crippen molar-refractivity contribution in [2.24, 2.45) is 0 Å². The molecule has 16 heavy (non-hydrogen) atoms. The summed E-state index contributed by atoms with van der Waals surface area (Å²) in [6.07, 6.45) is 1.69. The van der Waals surface area contributed by atoms with Crippen LogP contribution < -0.4 is 11.5 Å². The van der Waals surface area contributed by atoms with Crippen molar-refractivity contribution in [3.05, 3.63) is 47.7 Å². The topological polar surface area (TPSA) is 77.8 Å². The summed E-state index contributed by atoms with van der Waals surface area (Å²) in [7, 11) is 0. The van der Waals surface area contributed by atoms with Crippen molar-refractivity contribution in [3.63, 3.8) is 0 Å². The normalized spacial score (nSPS) is 12.3. The van der Waals surface area contributed by atoms with E-state index in [0.29, 0.717) is 5.82 Å². The lowest BCUT2D eigenvalue weighted by Gasteiger charge is -2.13. The lowest BCUT2D eigenvalue weighted by Crippen LogP contribution is -2.06. The third-order valence-corrected chi connectivity index (χ3v) is 2.63. The molecule has 0 aliphatic carbocycles. The van der Waals surface area contributed by atoms with Gasteiger partial charge in [0, 0.05) is 17.7 Å². The van der Waals surface area contributed by atoms with Crippen molar-refractivity contribution in [1.29, 1.82) is 0 Å². The van der Waals surface area contributed by atoms with E-state index in [1.165, 1.54) is 5.56 Å². The van der Waals surface area contributed by atoms with Crippen molar-refractivity contribution in [3.8, 4) is 0 Å². The van der Waals surface area contributed by atoms with Crippen molar-refractivity contribution >= 4 is 11.8 Å². The summed E-state index contributed by atoms with van der Waals surface area (Å²) in [5.41, 5.74) is 13.4. The highest BCUT2D eigenvalue weighted by Crippen LogP contribution is 2.26. The Bertz CT molecular complexity index is 482. The maximum absolute atomic E-state index is 5.83. The molecule has 1 aromatic carbocycles. The molecule has 1 atom stereocenters. The average Bonchev–Trinajstić information content (AvgIpc) is 2.29. The Hall–Kier alpha value is -2.10. The van der Waals surface area contributed by atoms with Gasteiger partial charge in [-0.3, -0.25) is 0 Å². The molecule has 2 aromatic rings. The Labute approximate surface area is 94.3 Å². The molecule has 0 saturated carbocycles. The van der Waals surface area contributed by atoms with E-state index in [1.54, 1.807) is 6.20 Å². The van der Waals surface area contributed by atoms with E-state index < -0.39 is 0 Å². The number of hydrogen-bond acceptors (Lipinski definition) is 4. The highest BCUT2D eigenvalue weighted by Gasteiger charge is 2.12. The van der Waals surface area contributed by atoms with Gasteiger partial charge in [0.1, 0.15) is 5.82 Å². The van der Waals surface area contributed by atoms with Crippen LogP contribution in [0, 0.1) is 0 Å². The molecule has 0 amide bonds. The van der Waals surface area contributed by atoms with Gasteiger partial charge in [-0.2, -0.15) is 4.98 Å².